The van der Waals surface area contributed by atoms with E-state index in [4.69, 9.17) is 4.74 Å². The van der Waals surface area contributed by atoms with E-state index in [-0.39, 0.29) is 30.8 Å². The second-order valence-corrected chi connectivity index (χ2v) is 7.84. The monoisotopic (exact) mass is 408 g/mol. The topological polar surface area (TPSA) is 75.7 Å². The van der Waals surface area contributed by atoms with Gasteiger partial charge < -0.3 is 15.0 Å². The number of esters is 1. The summed E-state index contributed by atoms with van der Waals surface area (Å²) in [6.45, 7) is 3.93. The maximum atomic E-state index is 12.7. The van der Waals surface area contributed by atoms with Crippen LogP contribution in [0.4, 0.5) is 5.69 Å². The van der Waals surface area contributed by atoms with Crippen molar-refractivity contribution >= 4 is 23.5 Å². The molecule has 3 rings (SSSR count). The molecule has 0 aliphatic carbocycles. The number of nitrogens with zero attached hydrogens (tertiary/aromatic N) is 1. The molecule has 6 nitrogen and oxygen atoms in total. The SMILES string of the molecule is CC(C)[C@H](NC(=O)Cc1ccccc1)C(=O)OCC(=O)N1CCCc2ccccc21. The molecule has 0 radical (unpaired) electrons. The van der Waals surface area contributed by atoms with Crippen LogP contribution < -0.4 is 10.2 Å². The summed E-state index contributed by atoms with van der Waals surface area (Å²) in [7, 11) is 0. The summed E-state index contributed by atoms with van der Waals surface area (Å²) in [4.78, 5) is 39.3. The van der Waals surface area contributed by atoms with Crippen molar-refractivity contribution in [3.05, 3.63) is 65.7 Å². The Morgan fingerprint density at radius 2 is 1.73 bits per heavy atom. The maximum absolute atomic E-state index is 12.7. The Morgan fingerprint density at radius 3 is 2.47 bits per heavy atom. The Morgan fingerprint density at radius 1 is 1.03 bits per heavy atom. The molecular formula is C24H28N2O4. The van der Waals surface area contributed by atoms with E-state index in [0.717, 1.165) is 29.7 Å². The zero-order valence-corrected chi connectivity index (χ0v) is 17.5. The molecule has 1 aliphatic heterocycles. The van der Waals surface area contributed by atoms with Gasteiger partial charge in [-0.25, -0.2) is 4.79 Å². The number of ether oxygens (including phenoxy) is 1. The van der Waals surface area contributed by atoms with Crippen LogP contribution in [-0.4, -0.2) is 37.0 Å². The number of hydrogen-bond acceptors (Lipinski definition) is 4. The Hall–Kier alpha value is -3.15. The Balaban J connectivity index is 1.56. The summed E-state index contributed by atoms with van der Waals surface area (Å²) in [5, 5.41) is 2.75. The number of nitrogens with one attached hydrogen (secondary N) is 1. The van der Waals surface area contributed by atoms with E-state index in [0.29, 0.717) is 6.54 Å². The summed E-state index contributed by atoms with van der Waals surface area (Å²) < 4.78 is 5.30. The first-order valence-electron chi connectivity index (χ1n) is 10.3. The molecule has 6 heteroatoms. The van der Waals surface area contributed by atoms with Crippen molar-refractivity contribution in [2.24, 2.45) is 5.92 Å². The molecule has 0 spiro atoms. The minimum atomic E-state index is -0.803. The number of amides is 2. The lowest BCUT2D eigenvalue weighted by molar-refractivity contribution is -0.152. The number of hydrogen-bond donors (Lipinski definition) is 1. The molecule has 0 saturated heterocycles. The molecule has 2 amide bonds. The quantitative estimate of drug-likeness (QED) is 0.715. The van der Waals surface area contributed by atoms with Crippen LogP contribution in [0.5, 0.6) is 0 Å². The van der Waals surface area contributed by atoms with Crippen LogP contribution in [0.3, 0.4) is 0 Å². The van der Waals surface area contributed by atoms with Crippen molar-refractivity contribution in [3.63, 3.8) is 0 Å². The molecule has 0 fully saturated rings. The Kier molecular flexibility index (Phi) is 7.22. The van der Waals surface area contributed by atoms with E-state index in [9.17, 15) is 14.4 Å². The summed E-state index contributed by atoms with van der Waals surface area (Å²) in [5.41, 5.74) is 2.86. The third kappa shape index (κ3) is 5.47. The van der Waals surface area contributed by atoms with Crippen LogP contribution in [0.15, 0.2) is 54.6 Å². The average molecular weight is 408 g/mol. The molecule has 1 atom stereocenters. The van der Waals surface area contributed by atoms with Gasteiger partial charge >= 0.3 is 5.97 Å². The molecule has 0 bridgehead atoms. The Labute approximate surface area is 177 Å². The predicted molar refractivity (Wildman–Crippen MR) is 115 cm³/mol. The molecule has 0 saturated carbocycles. The van der Waals surface area contributed by atoms with Crippen LogP contribution >= 0.6 is 0 Å². The number of benzene rings is 2. The van der Waals surface area contributed by atoms with E-state index in [2.05, 4.69) is 5.32 Å². The predicted octanol–water partition coefficient (Wildman–Crippen LogP) is 2.89. The van der Waals surface area contributed by atoms with E-state index < -0.39 is 12.0 Å². The van der Waals surface area contributed by atoms with E-state index in [1.165, 1.54) is 0 Å². The highest BCUT2D eigenvalue weighted by molar-refractivity contribution is 5.96. The highest BCUT2D eigenvalue weighted by Gasteiger charge is 2.28. The lowest BCUT2D eigenvalue weighted by atomic mass is 10.0. The molecule has 1 heterocycles. The van der Waals surface area contributed by atoms with Crippen LogP contribution in [0.1, 0.15) is 31.4 Å². The number of para-hydroxylation sites is 1. The highest BCUT2D eigenvalue weighted by atomic mass is 16.5. The van der Waals surface area contributed by atoms with Gasteiger partial charge in [0.2, 0.25) is 5.91 Å². The van der Waals surface area contributed by atoms with Crippen LogP contribution in [0, 0.1) is 5.92 Å². The molecule has 1 N–H and O–H groups in total. The van der Waals surface area contributed by atoms with Crippen molar-refractivity contribution < 1.29 is 19.1 Å². The van der Waals surface area contributed by atoms with Gasteiger partial charge in [-0.15, -0.1) is 0 Å². The smallest absolute Gasteiger partial charge is 0.329 e. The van der Waals surface area contributed by atoms with Crippen molar-refractivity contribution in [2.75, 3.05) is 18.1 Å². The zero-order valence-electron chi connectivity index (χ0n) is 17.5. The van der Waals surface area contributed by atoms with E-state index in [1.807, 2.05) is 68.4 Å². The van der Waals surface area contributed by atoms with Crippen LogP contribution in [-0.2, 0) is 32.0 Å². The summed E-state index contributed by atoms with van der Waals surface area (Å²) in [6, 6.07) is 16.3. The first-order valence-corrected chi connectivity index (χ1v) is 10.3. The first-order chi connectivity index (χ1) is 14.5. The Bertz CT molecular complexity index is 895. The highest BCUT2D eigenvalue weighted by Crippen LogP contribution is 2.26. The second-order valence-electron chi connectivity index (χ2n) is 7.84. The summed E-state index contributed by atoms with van der Waals surface area (Å²) in [6.07, 6.45) is 1.99. The van der Waals surface area contributed by atoms with Gasteiger partial charge in [0.1, 0.15) is 6.04 Å². The van der Waals surface area contributed by atoms with E-state index in [1.54, 1.807) is 4.90 Å². The average Bonchev–Trinajstić information content (AvgIpc) is 2.75. The van der Waals surface area contributed by atoms with Crippen LogP contribution in [0.2, 0.25) is 0 Å². The number of aryl methyl sites for hydroxylation is 1. The van der Waals surface area contributed by atoms with Gasteiger partial charge in [-0.1, -0.05) is 62.4 Å². The number of anilines is 1. The fourth-order valence-electron chi connectivity index (χ4n) is 3.60. The number of carbonyl (C=O) groups is 3. The van der Waals surface area contributed by atoms with Gasteiger partial charge in [-0.2, -0.15) is 0 Å². The fraction of sp³-hybridized carbons (Fsp3) is 0.375. The number of rotatable bonds is 7. The lowest BCUT2D eigenvalue weighted by Gasteiger charge is -2.29. The van der Waals surface area contributed by atoms with Crippen molar-refractivity contribution in [1.82, 2.24) is 5.32 Å². The molecule has 30 heavy (non-hydrogen) atoms. The third-order valence-corrected chi connectivity index (χ3v) is 5.19. The largest absolute Gasteiger partial charge is 0.454 e. The van der Waals surface area contributed by atoms with Gasteiger partial charge in [-0.05, 0) is 36.0 Å². The summed E-state index contributed by atoms with van der Waals surface area (Å²) in [5.74, 6) is -1.27. The van der Waals surface area contributed by atoms with Gasteiger partial charge in [0, 0.05) is 12.2 Å². The van der Waals surface area contributed by atoms with Gasteiger partial charge in [0.25, 0.3) is 5.91 Å². The maximum Gasteiger partial charge on any atom is 0.329 e. The number of fused-ring (bicyclic) bond motifs is 1. The van der Waals surface area contributed by atoms with Crippen molar-refractivity contribution in [1.29, 1.82) is 0 Å². The minimum absolute atomic E-state index is 0.164. The van der Waals surface area contributed by atoms with Gasteiger partial charge in [0.05, 0.1) is 6.42 Å². The molecular weight excluding hydrogens is 380 g/mol. The van der Waals surface area contributed by atoms with Crippen molar-refractivity contribution in [2.45, 2.75) is 39.2 Å². The van der Waals surface area contributed by atoms with Crippen molar-refractivity contribution in [3.8, 4) is 0 Å². The van der Waals surface area contributed by atoms with E-state index >= 15 is 0 Å². The van der Waals surface area contributed by atoms with Crippen LogP contribution in [0.25, 0.3) is 0 Å². The molecule has 0 aromatic heterocycles. The minimum Gasteiger partial charge on any atom is -0.454 e. The van der Waals surface area contributed by atoms with Gasteiger partial charge in [-0.3, -0.25) is 9.59 Å². The summed E-state index contributed by atoms with van der Waals surface area (Å²) >= 11 is 0. The molecule has 158 valence electrons. The number of carbonyl (C=O) groups excluding carboxylic acids is 3. The zero-order chi connectivity index (χ0) is 21.5. The molecule has 2 aromatic carbocycles. The fourth-order valence-corrected chi connectivity index (χ4v) is 3.60. The first kappa shape index (κ1) is 21.6. The van der Waals surface area contributed by atoms with Gasteiger partial charge in [0.15, 0.2) is 6.61 Å². The normalized spacial score (nSPS) is 14.0. The third-order valence-electron chi connectivity index (χ3n) is 5.19. The molecule has 2 aromatic rings. The second kappa shape index (κ2) is 10.1. The molecule has 1 aliphatic rings. The lowest BCUT2D eigenvalue weighted by Crippen LogP contribution is -2.47. The molecule has 0 unspecified atom stereocenters. The standard InChI is InChI=1S/C24H28N2O4/c1-17(2)23(25-21(27)15-18-9-4-3-5-10-18)24(29)30-16-22(28)26-14-8-12-19-11-6-7-13-20(19)26/h3-7,9-11,13,17,23H,8,12,14-16H2,1-2H3,(H,25,27)/t23-/m0/s1.